The Morgan fingerprint density at radius 3 is 2.55 bits per heavy atom. The van der Waals surface area contributed by atoms with Crippen molar-refractivity contribution in [3.63, 3.8) is 0 Å². The van der Waals surface area contributed by atoms with Gasteiger partial charge in [-0.2, -0.15) is 5.10 Å². The van der Waals surface area contributed by atoms with Crippen molar-refractivity contribution in [1.82, 2.24) is 0 Å². The third-order valence-electron chi connectivity index (χ3n) is 2.93. The van der Waals surface area contributed by atoms with E-state index in [4.69, 9.17) is 4.74 Å². The summed E-state index contributed by atoms with van der Waals surface area (Å²) in [6.45, 7) is 2.45. The highest BCUT2D eigenvalue weighted by Crippen LogP contribution is 2.20. The largest absolute Gasteiger partial charge is 0.466 e. The molecule has 0 amide bonds. The number of hydrazone groups is 1. The molecular weight excluding hydrogens is 260 g/mol. The molecular formula is C14H16N2O4. The van der Waals surface area contributed by atoms with E-state index < -0.39 is 11.9 Å². The van der Waals surface area contributed by atoms with Gasteiger partial charge in [0, 0.05) is 18.7 Å². The van der Waals surface area contributed by atoms with E-state index >= 15 is 0 Å². The highest BCUT2D eigenvalue weighted by molar-refractivity contribution is 5.91. The first-order valence-corrected chi connectivity index (χ1v) is 6.26. The molecule has 0 atom stereocenters. The van der Waals surface area contributed by atoms with Crippen LogP contribution in [-0.2, 0) is 14.3 Å². The van der Waals surface area contributed by atoms with Gasteiger partial charge in [-0.25, -0.2) is 9.59 Å². The Labute approximate surface area is 117 Å². The molecule has 0 radical (unpaired) electrons. The van der Waals surface area contributed by atoms with Gasteiger partial charge in [-0.3, -0.25) is 5.01 Å². The molecule has 0 aliphatic carbocycles. The molecule has 1 aromatic rings. The van der Waals surface area contributed by atoms with Crippen LogP contribution in [0, 0.1) is 0 Å². The maximum Gasteiger partial charge on any atom is 0.344 e. The molecule has 6 heteroatoms. The topological polar surface area (TPSA) is 68.2 Å². The summed E-state index contributed by atoms with van der Waals surface area (Å²) in [6, 6.07) is 6.91. The molecule has 6 nitrogen and oxygen atoms in total. The van der Waals surface area contributed by atoms with Crippen LogP contribution in [-0.4, -0.2) is 37.9 Å². The van der Waals surface area contributed by atoms with Gasteiger partial charge >= 0.3 is 11.9 Å². The Balaban J connectivity index is 1.97. The predicted molar refractivity (Wildman–Crippen MR) is 73.8 cm³/mol. The fourth-order valence-corrected chi connectivity index (χ4v) is 1.80. The second-order valence-electron chi connectivity index (χ2n) is 4.41. The number of nitrogens with zero attached hydrogens (tertiary/aromatic N) is 2. The van der Waals surface area contributed by atoms with E-state index in [2.05, 4.69) is 9.84 Å². The SMILES string of the molecule is COC(=O)COC(=O)c1ccc(N2CCC(C)=N2)cc1. The molecule has 106 valence electrons. The maximum atomic E-state index is 11.7. The van der Waals surface area contributed by atoms with Crippen LogP contribution in [0.25, 0.3) is 0 Å². The summed E-state index contributed by atoms with van der Waals surface area (Å²) in [6.07, 6.45) is 0.947. The molecule has 1 aliphatic rings. The van der Waals surface area contributed by atoms with E-state index in [0.717, 1.165) is 24.4 Å². The molecule has 0 N–H and O–H groups in total. The molecule has 2 rings (SSSR count). The van der Waals surface area contributed by atoms with E-state index in [1.807, 2.05) is 11.9 Å². The number of hydrogen-bond acceptors (Lipinski definition) is 6. The average Bonchev–Trinajstić information content (AvgIpc) is 2.91. The third kappa shape index (κ3) is 3.34. The lowest BCUT2D eigenvalue weighted by Crippen LogP contribution is -2.15. The summed E-state index contributed by atoms with van der Waals surface area (Å²) >= 11 is 0. The number of carbonyl (C=O) groups excluding carboxylic acids is 2. The van der Waals surface area contributed by atoms with Crippen LogP contribution in [0.3, 0.4) is 0 Å². The fourth-order valence-electron chi connectivity index (χ4n) is 1.80. The van der Waals surface area contributed by atoms with Crippen molar-refractivity contribution < 1.29 is 19.1 Å². The smallest absolute Gasteiger partial charge is 0.344 e. The van der Waals surface area contributed by atoms with E-state index in [1.165, 1.54) is 7.11 Å². The van der Waals surface area contributed by atoms with Gasteiger partial charge in [0.1, 0.15) is 0 Å². The monoisotopic (exact) mass is 276 g/mol. The molecule has 0 aromatic heterocycles. The van der Waals surface area contributed by atoms with Crippen LogP contribution in [0.2, 0.25) is 0 Å². The second kappa shape index (κ2) is 6.18. The Morgan fingerprint density at radius 1 is 1.30 bits per heavy atom. The zero-order valence-corrected chi connectivity index (χ0v) is 11.5. The van der Waals surface area contributed by atoms with E-state index in [1.54, 1.807) is 24.3 Å². The van der Waals surface area contributed by atoms with Crippen molar-refractivity contribution in [3.8, 4) is 0 Å². The van der Waals surface area contributed by atoms with Crippen molar-refractivity contribution >= 4 is 23.3 Å². The number of anilines is 1. The van der Waals surface area contributed by atoms with Crippen molar-refractivity contribution in [1.29, 1.82) is 0 Å². The van der Waals surface area contributed by atoms with Crippen LogP contribution in [0.5, 0.6) is 0 Å². The summed E-state index contributed by atoms with van der Waals surface area (Å²) < 4.78 is 9.20. The van der Waals surface area contributed by atoms with E-state index in [0.29, 0.717) is 5.56 Å². The molecule has 0 spiro atoms. The zero-order chi connectivity index (χ0) is 14.5. The molecule has 1 aromatic carbocycles. The molecule has 1 aliphatic heterocycles. The number of rotatable bonds is 4. The number of esters is 2. The first kappa shape index (κ1) is 14.0. The lowest BCUT2D eigenvalue weighted by Gasteiger charge is -2.13. The highest BCUT2D eigenvalue weighted by atomic mass is 16.6. The summed E-state index contributed by atoms with van der Waals surface area (Å²) in [5, 5.41) is 6.26. The van der Waals surface area contributed by atoms with Crippen LogP contribution in [0.4, 0.5) is 5.69 Å². The van der Waals surface area contributed by atoms with Crippen LogP contribution >= 0.6 is 0 Å². The van der Waals surface area contributed by atoms with E-state index in [-0.39, 0.29) is 6.61 Å². The van der Waals surface area contributed by atoms with Crippen molar-refractivity contribution in [3.05, 3.63) is 29.8 Å². The summed E-state index contributed by atoms with van der Waals surface area (Å²) in [5.41, 5.74) is 2.40. The highest BCUT2D eigenvalue weighted by Gasteiger charge is 2.14. The number of benzene rings is 1. The molecule has 20 heavy (non-hydrogen) atoms. The van der Waals surface area contributed by atoms with Gasteiger partial charge in [-0.15, -0.1) is 0 Å². The number of carbonyl (C=O) groups is 2. The standard InChI is InChI=1S/C14H16N2O4/c1-10-7-8-16(15-10)12-5-3-11(4-6-12)14(18)20-9-13(17)19-2/h3-6H,7-9H2,1-2H3. The van der Waals surface area contributed by atoms with Gasteiger partial charge in [-0.05, 0) is 31.2 Å². The second-order valence-corrected chi connectivity index (χ2v) is 4.41. The predicted octanol–water partition coefficient (Wildman–Crippen LogP) is 1.60. The zero-order valence-electron chi connectivity index (χ0n) is 11.5. The lowest BCUT2D eigenvalue weighted by atomic mass is 10.2. The van der Waals surface area contributed by atoms with Crippen LogP contribution in [0.15, 0.2) is 29.4 Å². The number of methoxy groups -OCH3 is 1. The minimum Gasteiger partial charge on any atom is -0.466 e. The van der Waals surface area contributed by atoms with Gasteiger partial charge in [0.15, 0.2) is 6.61 Å². The molecule has 0 saturated heterocycles. The van der Waals surface area contributed by atoms with Gasteiger partial charge in [0.2, 0.25) is 0 Å². The minimum absolute atomic E-state index is 0.382. The summed E-state index contributed by atoms with van der Waals surface area (Å²) in [5.74, 6) is -1.14. The number of hydrogen-bond donors (Lipinski definition) is 0. The Hall–Kier alpha value is -2.37. The van der Waals surface area contributed by atoms with Gasteiger partial charge in [0.25, 0.3) is 0 Å². The van der Waals surface area contributed by atoms with Crippen LogP contribution < -0.4 is 5.01 Å². The minimum atomic E-state index is -0.586. The Bertz CT molecular complexity index is 537. The Morgan fingerprint density at radius 2 is 2.00 bits per heavy atom. The van der Waals surface area contributed by atoms with Gasteiger partial charge in [0.05, 0.1) is 18.4 Å². The normalized spacial score (nSPS) is 13.9. The molecule has 0 bridgehead atoms. The van der Waals surface area contributed by atoms with Crippen LogP contribution in [0.1, 0.15) is 23.7 Å². The molecule has 0 saturated carbocycles. The summed E-state index contributed by atoms with van der Waals surface area (Å²) in [7, 11) is 1.24. The lowest BCUT2D eigenvalue weighted by molar-refractivity contribution is -0.144. The van der Waals surface area contributed by atoms with Gasteiger partial charge in [-0.1, -0.05) is 0 Å². The first-order valence-electron chi connectivity index (χ1n) is 6.26. The summed E-state index contributed by atoms with van der Waals surface area (Å²) in [4.78, 5) is 22.6. The molecule has 1 heterocycles. The maximum absolute atomic E-state index is 11.7. The van der Waals surface area contributed by atoms with Crippen molar-refractivity contribution in [2.24, 2.45) is 5.10 Å². The van der Waals surface area contributed by atoms with Gasteiger partial charge < -0.3 is 9.47 Å². The molecule has 0 fully saturated rings. The Kier molecular flexibility index (Phi) is 4.34. The number of ether oxygens (including phenoxy) is 2. The quantitative estimate of drug-likeness (QED) is 0.781. The van der Waals surface area contributed by atoms with Crippen molar-refractivity contribution in [2.45, 2.75) is 13.3 Å². The molecule has 0 unspecified atom stereocenters. The average molecular weight is 276 g/mol. The van der Waals surface area contributed by atoms with Crippen molar-refractivity contribution in [2.75, 3.05) is 25.3 Å². The fraction of sp³-hybridized carbons (Fsp3) is 0.357. The first-order chi connectivity index (χ1) is 9.60. The third-order valence-corrected chi connectivity index (χ3v) is 2.93. The van der Waals surface area contributed by atoms with E-state index in [9.17, 15) is 9.59 Å².